The highest BCUT2D eigenvalue weighted by atomic mass is 79.9. The Morgan fingerprint density at radius 2 is 1.89 bits per heavy atom. The molecule has 2 aromatic heterocycles. The molecule has 1 aliphatic heterocycles. The van der Waals surface area contributed by atoms with Crippen LogP contribution in [-0.2, 0) is 0 Å². The molecule has 0 radical (unpaired) electrons. The van der Waals surface area contributed by atoms with Gasteiger partial charge in [0.05, 0.1) is 23.1 Å². The van der Waals surface area contributed by atoms with Crippen LogP contribution in [0.4, 0.5) is 0 Å². The van der Waals surface area contributed by atoms with Crippen molar-refractivity contribution < 1.29 is 4.74 Å². The number of nitrogens with zero attached hydrogens (tertiary/aromatic N) is 4. The molecule has 28 heavy (non-hydrogen) atoms. The Morgan fingerprint density at radius 1 is 1.11 bits per heavy atom. The van der Waals surface area contributed by atoms with Gasteiger partial charge >= 0.3 is 0 Å². The number of halogens is 1. The summed E-state index contributed by atoms with van der Waals surface area (Å²) in [6.07, 6.45) is 1.77. The molecule has 0 saturated heterocycles. The first-order valence-corrected chi connectivity index (χ1v) is 10.1. The number of methoxy groups -OCH3 is 1. The van der Waals surface area contributed by atoms with Gasteiger partial charge in [-0.05, 0) is 37.3 Å². The van der Waals surface area contributed by atoms with Crippen molar-refractivity contribution in [2.24, 2.45) is 0 Å². The summed E-state index contributed by atoms with van der Waals surface area (Å²) >= 11 is 4.87. The van der Waals surface area contributed by atoms with Gasteiger partial charge in [0.15, 0.2) is 5.43 Å². The normalized spacial score (nSPS) is 11.5. The van der Waals surface area contributed by atoms with E-state index in [9.17, 15) is 4.79 Å². The number of hydrogen-bond acceptors (Lipinski definition) is 6. The van der Waals surface area contributed by atoms with Crippen LogP contribution in [0.2, 0.25) is 0 Å². The number of hydrogen-bond donors (Lipinski definition) is 0. The third-order valence-corrected chi connectivity index (χ3v) is 6.35. The quantitative estimate of drug-likeness (QED) is 0.366. The molecule has 0 saturated carbocycles. The van der Waals surface area contributed by atoms with E-state index in [0.717, 1.165) is 25.4 Å². The largest absolute Gasteiger partial charge is 0.481 e. The summed E-state index contributed by atoms with van der Waals surface area (Å²) in [6, 6.07) is 11.4. The zero-order valence-corrected chi connectivity index (χ0v) is 17.3. The lowest BCUT2D eigenvalue weighted by Crippen LogP contribution is -2.08. The van der Waals surface area contributed by atoms with Gasteiger partial charge in [-0.2, -0.15) is 5.10 Å². The van der Waals surface area contributed by atoms with Crippen molar-refractivity contribution in [1.82, 2.24) is 19.7 Å². The average Bonchev–Trinajstić information content (AvgIpc) is 3.17. The predicted molar refractivity (Wildman–Crippen MR) is 114 cm³/mol. The molecule has 0 amide bonds. The fraction of sp³-hybridized carbons (Fsp3) is 0.100. The molecule has 3 heterocycles. The number of fused-ring (bicyclic) bond motifs is 4. The zero-order chi connectivity index (χ0) is 19.4. The first-order chi connectivity index (χ1) is 13.5. The van der Waals surface area contributed by atoms with Crippen molar-refractivity contribution in [1.29, 1.82) is 0 Å². The topological polar surface area (TPSA) is 69.9 Å². The second-order valence-electron chi connectivity index (χ2n) is 6.34. The Labute approximate surface area is 171 Å². The molecule has 2 aliphatic rings. The molecule has 0 spiro atoms. The average molecular weight is 453 g/mol. The summed E-state index contributed by atoms with van der Waals surface area (Å²) in [4.78, 5) is 23.7. The minimum absolute atomic E-state index is 0.0360. The number of rotatable bonds is 2. The monoisotopic (exact) mass is 452 g/mol. The Bertz CT molecular complexity index is 1390. The molecule has 8 heteroatoms. The Balaban J connectivity index is 1.84. The molecule has 138 valence electrons. The van der Waals surface area contributed by atoms with Gasteiger partial charge < -0.3 is 4.74 Å². The zero-order valence-electron chi connectivity index (χ0n) is 14.9. The van der Waals surface area contributed by atoms with Gasteiger partial charge in [-0.1, -0.05) is 15.9 Å². The van der Waals surface area contributed by atoms with Crippen LogP contribution in [0.1, 0.15) is 5.56 Å². The molecule has 1 aliphatic carbocycles. The van der Waals surface area contributed by atoms with Crippen LogP contribution in [0.3, 0.4) is 0 Å². The van der Waals surface area contributed by atoms with E-state index in [1.54, 1.807) is 24.1 Å². The van der Waals surface area contributed by atoms with Gasteiger partial charge in [0.25, 0.3) is 0 Å². The molecule has 5 rings (SSSR count). The standard InChI is InChI=1S/C20H13BrN4O2S/c1-10-18(26)13-9-25(12-5-3-11(21)4-6-12)24-16(13)17-19(10)28-20-14(22-17)7-8-15(23-20)27-2/h3-9H,1-2H3. The van der Waals surface area contributed by atoms with Gasteiger partial charge in [0.2, 0.25) is 5.88 Å². The van der Waals surface area contributed by atoms with Gasteiger partial charge in [-0.15, -0.1) is 11.3 Å². The van der Waals surface area contributed by atoms with Crippen LogP contribution in [0.15, 0.2) is 51.9 Å². The van der Waals surface area contributed by atoms with E-state index in [2.05, 4.69) is 26.0 Å². The first kappa shape index (κ1) is 17.3. The smallest absolute Gasteiger partial charge is 0.214 e. The maximum atomic E-state index is 13.0. The van der Waals surface area contributed by atoms with E-state index in [4.69, 9.17) is 9.72 Å². The lowest BCUT2D eigenvalue weighted by Gasteiger charge is -2.09. The van der Waals surface area contributed by atoms with Crippen LogP contribution in [0, 0.1) is 6.92 Å². The highest BCUT2D eigenvalue weighted by Gasteiger charge is 2.21. The van der Waals surface area contributed by atoms with Gasteiger partial charge in [0.1, 0.15) is 21.6 Å². The minimum Gasteiger partial charge on any atom is -0.481 e. The Kier molecular flexibility index (Phi) is 3.92. The molecule has 0 N–H and O–H groups in total. The van der Waals surface area contributed by atoms with Crippen LogP contribution < -0.4 is 10.2 Å². The van der Waals surface area contributed by atoms with E-state index < -0.39 is 0 Å². The van der Waals surface area contributed by atoms with E-state index >= 15 is 0 Å². The summed E-state index contributed by atoms with van der Waals surface area (Å²) in [7, 11) is 1.58. The number of ether oxygens (including phenoxy) is 1. The van der Waals surface area contributed by atoms with Crippen molar-refractivity contribution >= 4 is 48.5 Å². The summed E-state index contributed by atoms with van der Waals surface area (Å²) < 4.78 is 7.91. The summed E-state index contributed by atoms with van der Waals surface area (Å²) in [5, 5.41) is 5.25. The molecular weight excluding hydrogens is 440 g/mol. The van der Waals surface area contributed by atoms with E-state index in [-0.39, 0.29) is 5.43 Å². The van der Waals surface area contributed by atoms with Gasteiger partial charge in [-0.3, -0.25) is 4.79 Å². The highest BCUT2D eigenvalue weighted by molar-refractivity contribution is 9.10. The minimum atomic E-state index is -0.0360. The Morgan fingerprint density at radius 3 is 2.64 bits per heavy atom. The lowest BCUT2D eigenvalue weighted by molar-refractivity contribution is 0.400. The van der Waals surface area contributed by atoms with Gasteiger partial charge in [-0.25, -0.2) is 14.6 Å². The third kappa shape index (κ3) is 2.60. The van der Waals surface area contributed by atoms with Crippen molar-refractivity contribution in [3.05, 3.63) is 62.9 Å². The molecular formula is C20H13BrN4O2S. The molecule has 0 bridgehead atoms. The number of pyridine rings is 1. The highest BCUT2D eigenvalue weighted by Crippen LogP contribution is 2.36. The molecule has 0 unspecified atom stereocenters. The fourth-order valence-corrected chi connectivity index (χ4v) is 4.46. The molecule has 3 aromatic rings. The predicted octanol–water partition coefficient (Wildman–Crippen LogP) is 4.57. The van der Waals surface area contributed by atoms with Crippen molar-refractivity contribution in [2.75, 3.05) is 7.11 Å². The molecule has 6 nitrogen and oxygen atoms in total. The van der Waals surface area contributed by atoms with Crippen LogP contribution >= 0.6 is 27.3 Å². The maximum absolute atomic E-state index is 13.0. The SMILES string of the molecule is COc1ccc2nc3c4nn(-c5ccc(Br)cc5)cc4c(=O)c(C)c-3sc2n1. The lowest BCUT2D eigenvalue weighted by atomic mass is 10.1. The summed E-state index contributed by atoms with van der Waals surface area (Å²) in [5.74, 6) is 0.519. The Hall–Kier alpha value is -2.84. The van der Waals surface area contributed by atoms with Gasteiger partial charge in [0, 0.05) is 22.3 Å². The molecule has 0 fully saturated rings. The van der Waals surface area contributed by atoms with Crippen LogP contribution in [0.5, 0.6) is 5.88 Å². The van der Waals surface area contributed by atoms with Crippen molar-refractivity contribution in [3.63, 3.8) is 0 Å². The molecule has 1 aromatic carbocycles. The second-order valence-corrected chi connectivity index (χ2v) is 8.25. The number of benzene rings is 2. The molecule has 0 atom stereocenters. The van der Waals surface area contributed by atoms with Crippen LogP contribution in [0.25, 0.3) is 37.5 Å². The van der Waals surface area contributed by atoms with E-state index in [1.807, 2.05) is 37.3 Å². The maximum Gasteiger partial charge on any atom is 0.214 e. The second kappa shape index (κ2) is 6.35. The fourth-order valence-electron chi connectivity index (χ4n) is 3.17. The van der Waals surface area contributed by atoms with E-state index in [0.29, 0.717) is 28.0 Å². The van der Waals surface area contributed by atoms with E-state index in [1.165, 1.54) is 11.3 Å². The number of aromatic nitrogens is 4. The first-order valence-electron chi connectivity index (χ1n) is 8.48. The summed E-state index contributed by atoms with van der Waals surface area (Å²) in [6.45, 7) is 1.82. The van der Waals surface area contributed by atoms with Crippen molar-refractivity contribution in [2.45, 2.75) is 6.92 Å². The third-order valence-electron chi connectivity index (χ3n) is 4.63. The van der Waals surface area contributed by atoms with Crippen molar-refractivity contribution in [3.8, 4) is 22.1 Å². The van der Waals surface area contributed by atoms with Crippen LogP contribution in [-0.4, -0.2) is 26.9 Å². The summed E-state index contributed by atoms with van der Waals surface area (Å²) in [5.41, 5.74) is 3.55.